The molecule has 0 saturated carbocycles. The van der Waals surface area contributed by atoms with Crippen molar-refractivity contribution in [3.8, 4) is 0 Å². The molecule has 0 spiro atoms. The van der Waals surface area contributed by atoms with Gasteiger partial charge in [0.15, 0.2) is 0 Å². The van der Waals surface area contributed by atoms with E-state index in [4.69, 9.17) is 4.98 Å². The lowest BCUT2D eigenvalue weighted by molar-refractivity contribution is 0.496. The Morgan fingerprint density at radius 3 is 3.18 bits per heavy atom. The zero-order valence-corrected chi connectivity index (χ0v) is 10.2. The summed E-state index contributed by atoms with van der Waals surface area (Å²) in [5.74, 6) is 1.15. The molecule has 1 fully saturated rings. The molecule has 1 N–H and O–H groups in total. The summed E-state index contributed by atoms with van der Waals surface area (Å²) in [5.41, 5.74) is 2.16. The normalized spacial score (nSPS) is 21.6. The minimum absolute atomic E-state index is 0.398. The topological polar surface area (TPSA) is 42.7 Å². The summed E-state index contributed by atoms with van der Waals surface area (Å²) in [6.07, 6.45) is 8.78. The second-order valence-electron chi connectivity index (χ2n) is 4.75. The molecule has 0 amide bonds. The van der Waals surface area contributed by atoms with Crippen LogP contribution in [0.5, 0.6) is 0 Å². The van der Waals surface area contributed by atoms with Gasteiger partial charge in [-0.3, -0.25) is 4.98 Å². The maximum atomic E-state index is 4.74. The van der Waals surface area contributed by atoms with Gasteiger partial charge in [-0.2, -0.15) is 0 Å². The lowest BCUT2D eigenvalue weighted by Gasteiger charge is -2.15. The Hall–Kier alpha value is -1.42. The van der Waals surface area contributed by atoms with E-state index < -0.39 is 0 Å². The Balaban J connectivity index is 2.01. The van der Waals surface area contributed by atoms with Crippen molar-refractivity contribution in [1.29, 1.82) is 0 Å². The van der Waals surface area contributed by atoms with Crippen molar-refractivity contribution in [2.24, 2.45) is 7.05 Å². The number of pyridine rings is 1. The Bertz CT molecular complexity index is 509. The van der Waals surface area contributed by atoms with Crippen LogP contribution in [0.4, 0.5) is 0 Å². The van der Waals surface area contributed by atoms with Crippen LogP contribution in [0.2, 0.25) is 0 Å². The second-order valence-corrected chi connectivity index (χ2v) is 4.75. The predicted molar refractivity (Wildman–Crippen MR) is 67.7 cm³/mol. The van der Waals surface area contributed by atoms with Crippen molar-refractivity contribution >= 4 is 11.0 Å². The van der Waals surface area contributed by atoms with E-state index in [-0.39, 0.29) is 0 Å². The fraction of sp³-hybridized carbons (Fsp3) is 0.538. The van der Waals surface area contributed by atoms with Crippen LogP contribution in [-0.4, -0.2) is 21.1 Å². The first kappa shape index (κ1) is 10.7. The summed E-state index contributed by atoms with van der Waals surface area (Å²) in [6, 6.07) is 2.38. The number of hydrogen-bond acceptors (Lipinski definition) is 3. The highest BCUT2D eigenvalue weighted by Crippen LogP contribution is 2.24. The van der Waals surface area contributed by atoms with Crippen LogP contribution < -0.4 is 5.32 Å². The molecule has 0 bridgehead atoms. The van der Waals surface area contributed by atoms with Gasteiger partial charge in [-0.05, 0) is 25.5 Å². The summed E-state index contributed by atoms with van der Waals surface area (Å²) >= 11 is 0. The molecule has 2 aromatic heterocycles. The minimum Gasteiger partial charge on any atom is -0.329 e. The standard InChI is InChI=1S/C13H18N4/c1-17-12-9-14-8-6-10(12)16-13(17)11-5-3-2-4-7-15-11/h6,8-9,11,15H,2-5,7H2,1H3. The van der Waals surface area contributed by atoms with Crippen LogP contribution in [0.25, 0.3) is 11.0 Å². The van der Waals surface area contributed by atoms with Gasteiger partial charge in [-0.15, -0.1) is 0 Å². The molecule has 1 aliphatic rings. The fourth-order valence-electron chi connectivity index (χ4n) is 2.61. The highest BCUT2D eigenvalue weighted by atomic mass is 15.1. The van der Waals surface area contributed by atoms with E-state index >= 15 is 0 Å². The lowest BCUT2D eigenvalue weighted by atomic mass is 10.1. The molecule has 2 aromatic rings. The van der Waals surface area contributed by atoms with E-state index in [9.17, 15) is 0 Å². The van der Waals surface area contributed by atoms with E-state index in [0.29, 0.717) is 6.04 Å². The van der Waals surface area contributed by atoms with Gasteiger partial charge in [0.1, 0.15) is 5.82 Å². The molecule has 1 unspecified atom stereocenters. The third kappa shape index (κ3) is 1.93. The number of hydrogen-bond donors (Lipinski definition) is 1. The summed E-state index contributed by atoms with van der Waals surface area (Å²) < 4.78 is 2.17. The van der Waals surface area contributed by atoms with E-state index in [1.165, 1.54) is 25.7 Å². The summed E-state index contributed by atoms with van der Waals surface area (Å²) in [5, 5.41) is 3.60. The van der Waals surface area contributed by atoms with Gasteiger partial charge in [-0.25, -0.2) is 4.98 Å². The van der Waals surface area contributed by atoms with Gasteiger partial charge in [0.25, 0.3) is 0 Å². The molecule has 90 valence electrons. The number of imidazole rings is 1. The highest BCUT2D eigenvalue weighted by molar-refractivity contribution is 5.74. The summed E-state index contributed by atoms with van der Waals surface area (Å²) in [6.45, 7) is 1.10. The Labute approximate surface area is 101 Å². The summed E-state index contributed by atoms with van der Waals surface area (Å²) in [7, 11) is 2.08. The molecule has 4 heteroatoms. The number of aromatic nitrogens is 3. The number of nitrogens with one attached hydrogen (secondary N) is 1. The molecule has 1 aliphatic heterocycles. The molecule has 0 aromatic carbocycles. The van der Waals surface area contributed by atoms with Crippen LogP contribution in [0.15, 0.2) is 18.5 Å². The molecule has 1 atom stereocenters. The van der Waals surface area contributed by atoms with Crippen LogP contribution in [0.1, 0.15) is 37.5 Å². The van der Waals surface area contributed by atoms with Crippen molar-refractivity contribution < 1.29 is 0 Å². The predicted octanol–water partition coefficient (Wildman–Crippen LogP) is 2.17. The van der Waals surface area contributed by atoms with Crippen molar-refractivity contribution in [1.82, 2.24) is 19.9 Å². The molecule has 3 heterocycles. The molecule has 0 radical (unpaired) electrons. The molecule has 0 aliphatic carbocycles. The quantitative estimate of drug-likeness (QED) is 0.816. The zero-order valence-electron chi connectivity index (χ0n) is 10.2. The minimum atomic E-state index is 0.398. The molecule has 1 saturated heterocycles. The monoisotopic (exact) mass is 230 g/mol. The van der Waals surface area contributed by atoms with Crippen molar-refractivity contribution in [3.63, 3.8) is 0 Å². The van der Waals surface area contributed by atoms with E-state index in [2.05, 4.69) is 21.9 Å². The lowest BCUT2D eigenvalue weighted by Crippen LogP contribution is -2.23. The number of rotatable bonds is 1. The van der Waals surface area contributed by atoms with Gasteiger partial charge in [0.2, 0.25) is 0 Å². The SMILES string of the molecule is Cn1c(C2CCCCCN2)nc2ccncc21. The van der Waals surface area contributed by atoms with Gasteiger partial charge in [0, 0.05) is 13.2 Å². The van der Waals surface area contributed by atoms with Gasteiger partial charge < -0.3 is 9.88 Å². The smallest absolute Gasteiger partial charge is 0.126 e. The maximum Gasteiger partial charge on any atom is 0.126 e. The first-order chi connectivity index (χ1) is 8.36. The van der Waals surface area contributed by atoms with Crippen LogP contribution >= 0.6 is 0 Å². The van der Waals surface area contributed by atoms with Gasteiger partial charge in [0.05, 0.1) is 23.3 Å². The molecular weight excluding hydrogens is 212 g/mol. The molecule has 17 heavy (non-hydrogen) atoms. The third-order valence-corrected chi connectivity index (χ3v) is 3.59. The van der Waals surface area contributed by atoms with Crippen LogP contribution in [-0.2, 0) is 7.05 Å². The number of nitrogens with zero attached hydrogens (tertiary/aromatic N) is 3. The Morgan fingerprint density at radius 1 is 1.35 bits per heavy atom. The highest BCUT2D eigenvalue weighted by Gasteiger charge is 2.19. The first-order valence-electron chi connectivity index (χ1n) is 6.36. The van der Waals surface area contributed by atoms with Crippen molar-refractivity contribution in [2.75, 3.05) is 6.54 Å². The van der Waals surface area contributed by atoms with E-state index in [1.54, 1.807) is 6.20 Å². The molecular formula is C13H18N4. The van der Waals surface area contributed by atoms with Gasteiger partial charge >= 0.3 is 0 Å². The largest absolute Gasteiger partial charge is 0.329 e. The van der Waals surface area contributed by atoms with Crippen LogP contribution in [0.3, 0.4) is 0 Å². The van der Waals surface area contributed by atoms with E-state index in [1.807, 2.05) is 12.3 Å². The number of aryl methyl sites for hydroxylation is 1. The van der Waals surface area contributed by atoms with Crippen molar-refractivity contribution in [2.45, 2.75) is 31.7 Å². The average Bonchev–Trinajstić information content (AvgIpc) is 2.57. The fourth-order valence-corrected chi connectivity index (χ4v) is 2.61. The number of fused-ring (bicyclic) bond motifs is 1. The molecule has 3 rings (SSSR count). The van der Waals surface area contributed by atoms with Gasteiger partial charge in [-0.1, -0.05) is 12.8 Å². The first-order valence-corrected chi connectivity index (χ1v) is 6.36. The second kappa shape index (κ2) is 4.45. The summed E-state index contributed by atoms with van der Waals surface area (Å²) in [4.78, 5) is 8.91. The molecule has 4 nitrogen and oxygen atoms in total. The average molecular weight is 230 g/mol. The Kier molecular flexibility index (Phi) is 2.81. The van der Waals surface area contributed by atoms with Crippen molar-refractivity contribution in [3.05, 3.63) is 24.3 Å². The zero-order chi connectivity index (χ0) is 11.7. The van der Waals surface area contributed by atoms with Crippen LogP contribution in [0, 0.1) is 0 Å². The van der Waals surface area contributed by atoms with E-state index in [0.717, 1.165) is 23.4 Å². The third-order valence-electron chi connectivity index (χ3n) is 3.59. The maximum absolute atomic E-state index is 4.74. The Morgan fingerprint density at radius 2 is 2.29 bits per heavy atom.